The monoisotopic (exact) mass is 508 g/mol. The van der Waals surface area contributed by atoms with Gasteiger partial charge in [-0.15, -0.1) is 17.9 Å². The third-order valence-corrected chi connectivity index (χ3v) is 10.2. The van der Waals surface area contributed by atoms with Crippen molar-refractivity contribution in [3.8, 4) is 0 Å². The summed E-state index contributed by atoms with van der Waals surface area (Å²) in [5.74, 6) is 2.29. The molecule has 0 radical (unpaired) electrons. The van der Waals surface area contributed by atoms with Crippen LogP contribution in [0.2, 0.25) is 5.02 Å². The van der Waals surface area contributed by atoms with Gasteiger partial charge in [-0.1, -0.05) is 29.8 Å². The van der Waals surface area contributed by atoms with Crippen LogP contribution in [0.1, 0.15) is 60.6 Å². The van der Waals surface area contributed by atoms with Gasteiger partial charge in [0.05, 0.1) is 11.5 Å². The molecule has 4 aliphatic carbocycles. The Hall–Kier alpha value is -2.11. The summed E-state index contributed by atoms with van der Waals surface area (Å²) in [6.45, 7) is 5.12. The van der Waals surface area contributed by atoms with E-state index < -0.39 is 0 Å². The highest BCUT2D eigenvalue weighted by Crippen LogP contribution is 2.60. The highest BCUT2D eigenvalue weighted by molar-refractivity contribution is 7.10. The number of halogens is 1. The molecule has 1 unspecified atom stereocenters. The van der Waals surface area contributed by atoms with E-state index in [-0.39, 0.29) is 29.8 Å². The average Bonchev–Trinajstić information content (AvgIpc) is 3.31. The fourth-order valence-electron chi connectivity index (χ4n) is 7.93. The fourth-order valence-corrected chi connectivity index (χ4v) is 8.96. The molecule has 35 heavy (non-hydrogen) atoms. The number of amides is 2. The van der Waals surface area contributed by atoms with Gasteiger partial charge in [0.15, 0.2) is 0 Å². The normalized spacial score (nSPS) is 30.7. The third-order valence-electron chi connectivity index (χ3n) is 8.93. The number of nitrogens with zero attached hydrogens (tertiary/aromatic N) is 2. The van der Waals surface area contributed by atoms with Crippen molar-refractivity contribution in [2.24, 2.45) is 23.2 Å². The van der Waals surface area contributed by atoms with Crippen LogP contribution in [0.4, 0.5) is 0 Å². The number of hydrogen-bond donors (Lipinski definition) is 0. The Bertz CT molecular complexity index is 1100. The minimum atomic E-state index is -0.254. The molecule has 4 saturated carbocycles. The second kappa shape index (κ2) is 9.08. The molecule has 2 heterocycles. The standard InChI is InChI=1S/C29H33ClN2O2S/c1-2-9-31(28(34)29-15-19-12-20(16-29)14-21(13-19)17-29)18-26(33)32-10-7-25-24(8-11-35-25)27(32)22-3-5-23(30)6-4-22/h2-6,8,11,19-21,27H,1,7,9-10,12-18H2. The molecule has 0 saturated heterocycles. The van der Waals surface area contributed by atoms with E-state index >= 15 is 0 Å². The van der Waals surface area contributed by atoms with Crippen LogP contribution in [0.5, 0.6) is 0 Å². The number of benzene rings is 1. The molecule has 7 rings (SSSR count). The van der Waals surface area contributed by atoms with E-state index in [0.29, 0.717) is 35.9 Å². The van der Waals surface area contributed by atoms with Crippen molar-refractivity contribution in [1.82, 2.24) is 9.80 Å². The van der Waals surface area contributed by atoms with Gasteiger partial charge in [-0.05, 0) is 97.4 Å². The predicted molar refractivity (Wildman–Crippen MR) is 140 cm³/mol. The van der Waals surface area contributed by atoms with Crippen molar-refractivity contribution in [3.05, 3.63) is 69.4 Å². The van der Waals surface area contributed by atoms with Crippen molar-refractivity contribution in [1.29, 1.82) is 0 Å². The van der Waals surface area contributed by atoms with Crippen LogP contribution in [0, 0.1) is 23.2 Å². The summed E-state index contributed by atoms with van der Waals surface area (Å²) < 4.78 is 0. The average molecular weight is 509 g/mol. The quantitative estimate of drug-likeness (QED) is 0.442. The predicted octanol–water partition coefficient (Wildman–Crippen LogP) is 6.11. The Labute approximate surface area is 216 Å². The van der Waals surface area contributed by atoms with Gasteiger partial charge in [-0.2, -0.15) is 0 Å². The van der Waals surface area contributed by atoms with E-state index in [4.69, 9.17) is 11.6 Å². The topological polar surface area (TPSA) is 40.6 Å². The van der Waals surface area contributed by atoms with Gasteiger partial charge in [-0.25, -0.2) is 0 Å². The fraction of sp³-hybridized carbons (Fsp3) is 0.517. The SMILES string of the molecule is C=CCN(CC(=O)N1CCc2sccc2C1c1ccc(Cl)cc1)C(=O)C12CC3CC(CC(C3)C1)C2. The molecule has 4 nitrogen and oxygen atoms in total. The lowest BCUT2D eigenvalue weighted by Gasteiger charge is -2.56. The Morgan fingerprint density at radius 1 is 1.09 bits per heavy atom. The maximum absolute atomic E-state index is 14.0. The highest BCUT2D eigenvalue weighted by Gasteiger charge is 2.55. The second-order valence-electron chi connectivity index (χ2n) is 11.3. The lowest BCUT2D eigenvalue weighted by Crippen LogP contribution is -2.56. The van der Waals surface area contributed by atoms with E-state index in [0.717, 1.165) is 31.2 Å². The van der Waals surface area contributed by atoms with E-state index in [1.165, 1.54) is 29.7 Å². The van der Waals surface area contributed by atoms with Crippen molar-refractivity contribution in [2.75, 3.05) is 19.6 Å². The summed E-state index contributed by atoms with van der Waals surface area (Å²) in [5.41, 5.74) is 2.00. The molecule has 1 atom stereocenters. The molecule has 184 valence electrons. The van der Waals surface area contributed by atoms with Crippen LogP contribution >= 0.6 is 22.9 Å². The van der Waals surface area contributed by atoms with Crippen molar-refractivity contribution in [3.63, 3.8) is 0 Å². The van der Waals surface area contributed by atoms with E-state index in [9.17, 15) is 9.59 Å². The number of hydrogen-bond acceptors (Lipinski definition) is 3. The molecular weight excluding hydrogens is 476 g/mol. The first-order valence-corrected chi connectivity index (χ1v) is 14.2. The number of rotatable bonds is 6. The molecule has 4 fully saturated rings. The van der Waals surface area contributed by atoms with Crippen LogP contribution < -0.4 is 0 Å². The zero-order chi connectivity index (χ0) is 24.2. The number of thiophene rings is 1. The minimum absolute atomic E-state index is 0.0155. The first-order chi connectivity index (χ1) is 17.0. The maximum Gasteiger partial charge on any atom is 0.243 e. The Kier molecular flexibility index (Phi) is 6.04. The Morgan fingerprint density at radius 3 is 2.37 bits per heavy atom. The molecule has 5 aliphatic rings. The lowest BCUT2D eigenvalue weighted by atomic mass is 9.49. The summed E-state index contributed by atoms with van der Waals surface area (Å²) in [6.07, 6.45) is 9.55. The molecule has 6 heteroatoms. The lowest BCUT2D eigenvalue weighted by molar-refractivity contribution is -0.160. The maximum atomic E-state index is 14.0. The summed E-state index contributed by atoms with van der Waals surface area (Å²) in [7, 11) is 0. The van der Waals surface area contributed by atoms with Crippen LogP contribution in [0.3, 0.4) is 0 Å². The van der Waals surface area contributed by atoms with Gasteiger partial charge in [0.25, 0.3) is 0 Å². The molecule has 2 amide bonds. The molecule has 1 aromatic carbocycles. The largest absolute Gasteiger partial charge is 0.330 e. The summed E-state index contributed by atoms with van der Waals surface area (Å²) in [5, 5.41) is 2.80. The minimum Gasteiger partial charge on any atom is -0.330 e. The molecule has 1 aliphatic heterocycles. The van der Waals surface area contributed by atoms with Crippen LogP contribution in [0.15, 0.2) is 48.4 Å². The molecule has 0 N–H and O–H groups in total. The van der Waals surface area contributed by atoms with E-state index in [2.05, 4.69) is 18.0 Å². The Morgan fingerprint density at radius 2 is 1.74 bits per heavy atom. The summed E-state index contributed by atoms with van der Waals surface area (Å²) >= 11 is 7.92. The van der Waals surface area contributed by atoms with Crippen LogP contribution in [0.25, 0.3) is 0 Å². The first kappa shape index (κ1) is 23.3. The van der Waals surface area contributed by atoms with E-state index in [1.807, 2.05) is 34.1 Å². The van der Waals surface area contributed by atoms with Gasteiger partial charge >= 0.3 is 0 Å². The van der Waals surface area contributed by atoms with Crippen molar-refractivity contribution < 1.29 is 9.59 Å². The van der Waals surface area contributed by atoms with Crippen LogP contribution in [-0.2, 0) is 16.0 Å². The first-order valence-electron chi connectivity index (χ1n) is 13.0. The van der Waals surface area contributed by atoms with Gasteiger partial charge in [-0.3, -0.25) is 9.59 Å². The molecular formula is C29H33ClN2O2S. The summed E-state index contributed by atoms with van der Waals surface area (Å²) in [6, 6.07) is 9.81. The van der Waals surface area contributed by atoms with Gasteiger partial charge in [0.1, 0.15) is 6.54 Å². The molecule has 2 aromatic rings. The highest BCUT2D eigenvalue weighted by atomic mass is 35.5. The van der Waals surface area contributed by atoms with Crippen molar-refractivity contribution in [2.45, 2.75) is 51.0 Å². The number of carbonyl (C=O) groups excluding carboxylic acids is 2. The number of fused-ring (bicyclic) bond motifs is 1. The third kappa shape index (κ3) is 4.15. The molecule has 0 spiro atoms. The Balaban J connectivity index is 1.26. The summed E-state index contributed by atoms with van der Waals surface area (Å²) in [4.78, 5) is 33.0. The zero-order valence-corrected chi connectivity index (χ0v) is 21.7. The van der Waals surface area contributed by atoms with Gasteiger partial charge in [0, 0.05) is 23.0 Å². The second-order valence-corrected chi connectivity index (χ2v) is 12.7. The number of carbonyl (C=O) groups is 2. The molecule has 1 aromatic heterocycles. The zero-order valence-electron chi connectivity index (χ0n) is 20.1. The van der Waals surface area contributed by atoms with Crippen LogP contribution in [-0.4, -0.2) is 41.2 Å². The van der Waals surface area contributed by atoms with E-state index in [1.54, 1.807) is 17.4 Å². The van der Waals surface area contributed by atoms with Gasteiger partial charge < -0.3 is 9.80 Å². The smallest absolute Gasteiger partial charge is 0.243 e. The van der Waals surface area contributed by atoms with Gasteiger partial charge in [0.2, 0.25) is 11.8 Å². The van der Waals surface area contributed by atoms with Crippen molar-refractivity contribution >= 4 is 34.8 Å². The molecule has 4 bridgehead atoms.